The maximum absolute atomic E-state index is 13.6. The van der Waals surface area contributed by atoms with Crippen LogP contribution in [0.2, 0.25) is 0 Å². The highest BCUT2D eigenvalue weighted by Crippen LogP contribution is 2.41. The molecule has 0 spiro atoms. The van der Waals surface area contributed by atoms with Gasteiger partial charge in [-0.3, -0.25) is 4.90 Å². The average Bonchev–Trinajstić information content (AvgIpc) is 3.40. The summed E-state index contributed by atoms with van der Waals surface area (Å²) < 4.78 is 48.5. The SMILES string of the molecule is CN(C(=O)NCCc1c(C(c2ccc(OC(F)(F)F)cc2)c2c(O)c3ccccc3oc2=O)[nH]c2ccccc12)c1ccccc1. The zero-order chi connectivity index (χ0) is 32.4. The van der Waals surface area contributed by atoms with Gasteiger partial charge in [-0.15, -0.1) is 13.2 Å². The largest absolute Gasteiger partial charge is 0.573 e. The van der Waals surface area contributed by atoms with Crippen LogP contribution in [0, 0.1) is 0 Å². The van der Waals surface area contributed by atoms with Crippen molar-refractivity contribution in [2.24, 2.45) is 0 Å². The van der Waals surface area contributed by atoms with Gasteiger partial charge in [0.25, 0.3) is 0 Å². The highest BCUT2D eigenvalue weighted by atomic mass is 19.4. The van der Waals surface area contributed by atoms with Crippen LogP contribution in [0.5, 0.6) is 11.5 Å². The van der Waals surface area contributed by atoms with Crippen LogP contribution >= 0.6 is 0 Å². The highest BCUT2D eigenvalue weighted by molar-refractivity contribution is 5.91. The topological polar surface area (TPSA) is 108 Å². The van der Waals surface area contributed by atoms with Crippen molar-refractivity contribution in [2.75, 3.05) is 18.5 Å². The highest BCUT2D eigenvalue weighted by Gasteiger charge is 2.33. The fourth-order valence-electron chi connectivity index (χ4n) is 5.66. The molecule has 2 heterocycles. The Labute approximate surface area is 260 Å². The van der Waals surface area contributed by atoms with Crippen LogP contribution in [0.4, 0.5) is 23.7 Å². The zero-order valence-electron chi connectivity index (χ0n) is 24.5. The van der Waals surface area contributed by atoms with E-state index in [1.807, 2.05) is 54.6 Å². The van der Waals surface area contributed by atoms with Crippen molar-refractivity contribution in [3.8, 4) is 11.5 Å². The molecule has 0 aliphatic heterocycles. The fraction of sp³-hybridized carbons (Fsp3) is 0.143. The third-order valence-corrected chi connectivity index (χ3v) is 7.79. The van der Waals surface area contributed by atoms with Crippen molar-refractivity contribution in [3.05, 3.63) is 136 Å². The summed E-state index contributed by atoms with van der Waals surface area (Å²) in [5, 5.41) is 15.5. The summed E-state index contributed by atoms with van der Waals surface area (Å²) in [6.07, 6.45) is -4.57. The van der Waals surface area contributed by atoms with Crippen molar-refractivity contribution in [1.29, 1.82) is 0 Å². The number of hydrogen-bond acceptors (Lipinski definition) is 5. The number of benzene rings is 4. The molecule has 0 aliphatic carbocycles. The zero-order valence-corrected chi connectivity index (χ0v) is 24.5. The molecule has 2 amide bonds. The Morgan fingerprint density at radius 3 is 2.30 bits per heavy atom. The molecule has 0 radical (unpaired) electrons. The van der Waals surface area contributed by atoms with Crippen LogP contribution in [0.25, 0.3) is 21.9 Å². The number of aromatic hydroxyl groups is 1. The molecule has 0 fully saturated rings. The molecule has 6 rings (SSSR count). The quantitative estimate of drug-likeness (QED) is 0.152. The van der Waals surface area contributed by atoms with Crippen molar-refractivity contribution >= 4 is 33.6 Å². The van der Waals surface area contributed by atoms with E-state index in [2.05, 4.69) is 15.0 Å². The Kier molecular flexibility index (Phi) is 8.14. The van der Waals surface area contributed by atoms with E-state index in [0.29, 0.717) is 28.8 Å². The molecule has 234 valence electrons. The van der Waals surface area contributed by atoms with Crippen LogP contribution in [-0.4, -0.2) is 36.1 Å². The first-order chi connectivity index (χ1) is 22.1. The fourth-order valence-corrected chi connectivity index (χ4v) is 5.66. The second kappa shape index (κ2) is 12.4. The summed E-state index contributed by atoms with van der Waals surface area (Å²) in [7, 11) is 1.66. The first kappa shape index (κ1) is 30.3. The Morgan fingerprint density at radius 1 is 0.935 bits per heavy atom. The number of aromatic nitrogens is 1. The number of nitrogens with one attached hydrogen (secondary N) is 2. The number of hydrogen-bond donors (Lipinski definition) is 3. The van der Waals surface area contributed by atoms with Gasteiger partial charge in [-0.25, -0.2) is 9.59 Å². The number of H-pyrrole nitrogens is 1. The van der Waals surface area contributed by atoms with E-state index in [0.717, 1.165) is 28.6 Å². The van der Waals surface area contributed by atoms with Crippen LogP contribution in [-0.2, 0) is 6.42 Å². The van der Waals surface area contributed by atoms with E-state index in [1.54, 1.807) is 31.3 Å². The summed E-state index contributed by atoms with van der Waals surface area (Å²) in [6.45, 7) is 0.217. The number of aromatic amines is 1. The molecule has 4 aromatic carbocycles. The van der Waals surface area contributed by atoms with Gasteiger partial charge in [-0.2, -0.15) is 0 Å². The Balaban J connectivity index is 1.45. The number of amides is 2. The number of carbonyl (C=O) groups excluding carboxylic acids is 1. The Bertz CT molecular complexity index is 2070. The van der Waals surface area contributed by atoms with Gasteiger partial charge in [-0.05, 0) is 60.0 Å². The minimum Gasteiger partial charge on any atom is -0.507 e. The van der Waals surface area contributed by atoms with Crippen molar-refractivity contribution in [1.82, 2.24) is 10.3 Å². The monoisotopic (exact) mass is 627 g/mol. The van der Waals surface area contributed by atoms with Gasteiger partial charge >= 0.3 is 18.0 Å². The number of ether oxygens (including phenoxy) is 1. The normalized spacial score (nSPS) is 12.3. The molecule has 0 saturated carbocycles. The molecule has 0 saturated heterocycles. The molecule has 1 unspecified atom stereocenters. The first-order valence-electron chi connectivity index (χ1n) is 14.4. The van der Waals surface area contributed by atoms with Crippen LogP contribution in [0.1, 0.15) is 28.3 Å². The van der Waals surface area contributed by atoms with Gasteiger partial charge in [0.1, 0.15) is 17.1 Å². The van der Waals surface area contributed by atoms with Gasteiger partial charge in [0, 0.05) is 35.9 Å². The molecule has 11 heteroatoms. The molecule has 2 aromatic heterocycles. The molecule has 0 aliphatic rings. The van der Waals surface area contributed by atoms with Crippen molar-refractivity contribution < 1.29 is 32.2 Å². The van der Waals surface area contributed by atoms with Gasteiger partial charge in [0.05, 0.1) is 16.9 Å². The molecule has 1 atom stereocenters. The Morgan fingerprint density at radius 2 is 1.59 bits per heavy atom. The smallest absolute Gasteiger partial charge is 0.507 e. The number of alkyl halides is 3. The maximum atomic E-state index is 13.6. The van der Waals surface area contributed by atoms with Crippen molar-refractivity contribution in [3.63, 3.8) is 0 Å². The van der Waals surface area contributed by atoms with Gasteiger partial charge in [0.15, 0.2) is 0 Å². The van der Waals surface area contributed by atoms with Gasteiger partial charge < -0.3 is 24.6 Å². The minimum absolute atomic E-state index is 0.0937. The predicted octanol–water partition coefficient (Wildman–Crippen LogP) is 7.45. The second-order valence-electron chi connectivity index (χ2n) is 10.6. The van der Waals surface area contributed by atoms with Crippen LogP contribution < -0.4 is 20.6 Å². The number of urea groups is 1. The lowest BCUT2D eigenvalue weighted by Gasteiger charge is -2.21. The molecule has 8 nitrogen and oxygen atoms in total. The second-order valence-corrected chi connectivity index (χ2v) is 10.6. The van der Waals surface area contributed by atoms with Crippen LogP contribution in [0.3, 0.4) is 0 Å². The lowest BCUT2D eigenvalue weighted by atomic mass is 9.85. The first-order valence-corrected chi connectivity index (χ1v) is 14.4. The number of halogens is 3. The third-order valence-electron chi connectivity index (χ3n) is 7.79. The summed E-state index contributed by atoms with van der Waals surface area (Å²) in [5.41, 5.74) is 2.37. The standard InChI is InChI=1S/C35H28F3N3O5/c1-41(22-9-3-2-4-10-22)34(44)39-20-19-25-24-11-5-7-13-27(24)40-31(25)29(21-15-17-23(18-16-21)46-35(36,37)38)30-32(42)26-12-6-8-14-28(26)45-33(30)43/h2-18,29,40,42H,19-20H2,1H3,(H,39,44). The van der Waals surface area contributed by atoms with Crippen molar-refractivity contribution in [2.45, 2.75) is 18.7 Å². The van der Waals surface area contributed by atoms with E-state index in [9.17, 15) is 27.9 Å². The molecular formula is C35H28F3N3O5. The van der Waals surface area contributed by atoms with E-state index < -0.39 is 23.7 Å². The van der Waals surface area contributed by atoms with Gasteiger partial charge in [0.2, 0.25) is 0 Å². The number of anilines is 1. The summed E-state index contributed by atoms with van der Waals surface area (Å²) in [5.74, 6) is -1.74. The lowest BCUT2D eigenvalue weighted by Crippen LogP contribution is -2.38. The lowest BCUT2D eigenvalue weighted by molar-refractivity contribution is -0.274. The minimum atomic E-state index is -4.89. The third kappa shape index (κ3) is 6.12. The molecule has 3 N–H and O–H groups in total. The molecule has 0 bridgehead atoms. The predicted molar refractivity (Wildman–Crippen MR) is 168 cm³/mol. The van der Waals surface area contributed by atoms with E-state index in [4.69, 9.17) is 4.42 Å². The summed E-state index contributed by atoms with van der Waals surface area (Å²) in [4.78, 5) is 31.4. The van der Waals surface area contributed by atoms with Gasteiger partial charge in [-0.1, -0.05) is 60.7 Å². The van der Waals surface area contributed by atoms with Crippen LogP contribution in [0.15, 0.2) is 112 Å². The number of fused-ring (bicyclic) bond motifs is 2. The van der Waals surface area contributed by atoms with E-state index in [-0.39, 0.29) is 29.5 Å². The molecular weight excluding hydrogens is 599 g/mol. The Hall–Kier alpha value is -5.71. The average molecular weight is 628 g/mol. The number of nitrogens with zero attached hydrogens (tertiary/aromatic N) is 1. The maximum Gasteiger partial charge on any atom is 0.573 e. The summed E-state index contributed by atoms with van der Waals surface area (Å²) >= 11 is 0. The van der Waals surface area contributed by atoms with E-state index in [1.165, 1.54) is 17.0 Å². The summed E-state index contributed by atoms with van der Waals surface area (Å²) in [6, 6.07) is 27.9. The molecule has 46 heavy (non-hydrogen) atoms. The van der Waals surface area contributed by atoms with E-state index >= 15 is 0 Å². The number of carbonyl (C=O) groups is 1. The molecule has 6 aromatic rings. The number of para-hydroxylation sites is 3. The number of rotatable bonds is 8.